The Morgan fingerprint density at radius 2 is 2.22 bits per heavy atom. The fraction of sp³-hybridized carbons (Fsp3) is 0.500. The van der Waals surface area contributed by atoms with Gasteiger partial charge in [0.2, 0.25) is 0 Å². The molecule has 0 radical (unpaired) electrons. The van der Waals surface area contributed by atoms with Crippen LogP contribution < -0.4 is 0 Å². The lowest BCUT2D eigenvalue weighted by molar-refractivity contribution is -0.152. The number of aryl methyl sites for hydroxylation is 1. The van der Waals surface area contributed by atoms with Gasteiger partial charge >= 0.3 is 5.97 Å². The lowest BCUT2D eigenvalue weighted by Crippen LogP contribution is -2.37. The Hall–Kier alpha value is -2.01. The summed E-state index contributed by atoms with van der Waals surface area (Å²) < 4.78 is 10.9. The molecule has 5 nitrogen and oxygen atoms in total. The molecule has 0 bridgehead atoms. The van der Waals surface area contributed by atoms with E-state index < -0.39 is 5.60 Å². The molecule has 2 heterocycles. The van der Waals surface area contributed by atoms with Crippen molar-refractivity contribution >= 4 is 16.9 Å². The van der Waals surface area contributed by atoms with E-state index in [1.807, 2.05) is 6.92 Å². The first-order valence-electron chi connectivity index (χ1n) is 8.12. The van der Waals surface area contributed by atoms with Crippen LogP contribution in [-0.4, -0.2) is 29.8 Å². The number of phenols is 1. The number of carbonyl (C=O) groups excluding carboxylic acids is 1. The SMILES string of the molecule is CCc1cc(O)cc2c3c([nH]c12)C(CC)(CC(=O)OC)OCC3. The third kappa shape index (κ3) is 2.49. The van der Waals surface area contributed by atoms with Gasteiger partial charge in [0.05, 0.1) is 25.8 Å². The number of nitrogens with one attached hydrogen (secondary N) is 1. The topological polar surface area (TPSA) is 71.5 Å². The fourth-order valence-electron chi connectivity index (χ4n) is 3.60. The molecule has 0 saturated heterocycles. The third-order valence-corrected chi connectivity index (χ3v) is 4.88. The van der Waals surface area contributed by atoms with Crippen molar-refractivity contribution in [3.05, 3.63) is 29.0 Å². The molecule has 0 saturated carbocycles. The standard InChI is InChI=1S/C18H23NO4/c1-4-11-8-12(20)9-14-13-6-7-23-18(5-2,10-15(21)22-3)17(13)19-16(11)14/h8-9,19-20H,4-7,10H2,1-3H3. The molecule has 2 N–H and O–H groups in total. The molecule has 1 aliphatic heterocycles. The maximum Gasteiger partial charge on any atom is 0.308 e. The van der Waals surface area contributed by atoms with E-state index in [1.165, 1.54) is 7.11 Å². The van der Waals surface area contributed by atoms with Gasteiger partial charge in [-0.1, -0.05) is 13.8 Å². The number of aromatic nitrogens is 1. The number of rotatable bonds is 4. The first kappa shape index (κ1) is 15.9. The van der Waals surface area contributed by atoms with Crippen molar-refractivity contribution in [3.8, 4) is 5.75 Å². The van der Waals surface area contributed by atoms with Crippen molar-refractivity contribution in [1.29, 1.82) is 0 Å². The van der Waals surface area contributed by atoms with E-state index in [0.717, 1.165) is 40.6 Å². The van der Waals surface area contributed by atoms with Crippen molar-refractivity contribution in [3.63, 3.8) is 0 Å². The summed E-state index contributed by atoms with van der Waals surface area (Å²) in [6, 6.07) is 3.59. The van der Waals surface area contributed by atoms with Crippen LogP contribution in [0.1, 0.15) is 43.5 Å². The minimum atomic E-state index is -0.680. The van der Waals surface area contributed by atoms with E-state index >= 15 is 0 Å². The third-order valence-electron chi connectivity index (χ3n) is 4.88. The molecule has 3 rings (SSSR count). The van der Waals surface area contributed by atoms with Crippen LogP contribution in [-0.2, 0) is 32.7 Å². The molecular weight excluding hydrogens is 294 g/mol. The highest BCUT2D eigenvalue weighted by molar-refractivity contribution is 5.89. The van der Waals surface area contributed by atoms with Crippen LogP contribution in [0.5, 0.6) is 5.75 Å². The van der Waals surface area contributed by atoms with Crippen LogP contribution in [0.15, 0.2) is 12.1 Å². The summed E-state index contributed by atoms with van der Waals surface area (Å²) in [4.78, 5) is 15.4. The molecule has 1 unspecified atom stereocenters. The highest BCUT2D eigenvalue weighted by atomic mass is 16.5. The predicted octanol–water partition coefficient (Wildman–Crippen LogP) is 3.18. The monoisotopic (exact) mass is 317 g/mol. The zero-order chi connectivity index (χ0) is 16.6. The number of methoxy groups -OCH3 is 1. The normalized spacial score (nSPS) is 20.5. The van der Waals surface area contributed by atoms with E-state index in [0.29, 0.717) is 13.0 Å². The zero-order valence-corrected chi connectivity index (χ0v) is 13.9. The highest BCUT2D eigenvalue weighted by Crippen LogP contribution is 2.43. The van der Waals surface area contributed by atoms with Crippen LogP contribution >= 0.6 is 0 Å². The van der Waals surface area contributed by atoms with Crippen molar-refractivity contribution in [2.75, 3.05) is 13.7 Å². The fourth-order valence-corrected chi connectivity index (χ4v) is 3.60. The molecule has 1 aromatic heterocycles. The van der Waals surface area contributed by atoms with Crippen molar-refractivity contribution < 1.29 is 19.4 Å². The van der Waals surface area contributed by atoms with Crippen LogP contribution in [0.2, 0.25) is 0 Å². The van der Waals surface area contributed by atoms with Gasteiger partial charge in [-0.05, 0) is 42.5 Å². The number of ether oxygens (including phenoxy) is 2. The summed E-state index contributed by atoms with van der Waals surface area (Å²) >= 11 is 0. The Balaban J connectivity index is 2.22. The largest absolute Gasteiger partial charge is 0.508 e. The molecular formula is C18H23NO4. The minimum Gasteiger partial charge on any atom is -0.508 e. The van der Waals surface area contributed by atoms with Crippen LogP contribution in [0.4, 0.5) is 0 Å². The van der Waals surface area contributed by atoms with E-state index in [-0.39, 0.29) is 18.1 Å². The molecule has 0 spiro atoms. The Morgan fingerprint density at radius 3 is 2.87 bits per heavy atom. The number of hydrogen-bond acceptors (Lipinski definition) is 4. The van der Waals surface area contributed by atoms with E-state index in [4.69, 9.17) is 9.47 Å². The lowest BCUT2D eigenvalue weighted by Gasteiger charge is -2.35. The summed E-state index contributed by atoms with van der Waals surface area (Å²) in [5.41, 5.74) is 3.51. The molecule has 0 fully saturated rings. The number of aromatic hydroxyl groups is 1. The first-order valence-corrected chi connectivity index (χ1v) is 8.12. The second-order valence-electron chi connectivity index (χ2n) is 6.06. The number of esters is 1. The summed E-state index contributed by atoms with van der Waals surface area (Å²) in [5, 5.41) is 11.0. The van der Waals surface area contributed by atoms with E-state index in [2.05, 4.69) is 11.9 Å². The minimum absolute atomic E-state index is 0.188. The van der Waals surface area contributed by atoms with Crippen molar-refractivity contribution in [1.82, 2.24) is 4.98 Å². The van der Waals surface area contributed by atoms with E-state index in [1.54, 1.807) is 12.1 Å². The van der Waals surface area contributed by atoms with Gasteiger partial charge in [0, 0.05) is 10.9 Å². The Labute approximate surface area is 135 Å². The van der Waals surface area contributed by atoms with Gasteiger partial charge in [-0.3, -0.25) is 4.79 Å². The molecule has 2 aromatic rings. The molecule has 23 heavy (non-hydrogen) atoms. The second-order valence-corrected chi connectivity index (χ2v) is 6.06. The predicted molar refractivity (Wildman–Crippen MR) is 87.6 cm³/mol. The maximum absolute atomic E-state index is 11.9. The number of carbonyl (C=O) groups is 1. The lowest BCUT2D eigenvalue weighted by atomic mass is 9.86. The van der Waals surface area contributed by atoms with Crippen molar-refractivity contribution in [2.45, 2.75) is 45.1 Å². The zero-order valence-electron chi connectivity index (χ0n) is 13.9. The quantitative estimate of drug-likeness (QED) is 0.850. The van der Waals surface area contributed by atoms with Gasteiger partial charge in [-0.25, -0.2) is 0 Å². The molecule has 1 aromatic carbocycles. The summed E-state index contributed by atoms with van der Waals surface area (Å²) in [6.45, 7) is 4.63. The average molecular weight is 317 g/mol. The van der Waals surface area contributed by atoms with Gasteiger partial charge in [0.25, 0.3) is 0 Å². The average Bonchev–Trinajstić information content (AvgIpc) is 2.94. The number of hydrogen-bond donors (Lipinski definition) is 2. The molecule has 1 aliphatic rings. The Morgan fingerprint density at radius 1 is 1.43 bits per heavy atom. The van der Waals surface area contributed by atoms with Gasteiger partial charge in [0.15, 0.2) is 0 Å². The van der Waals surface area contributed by atoms with Crippen LogP contribution in [0.3, 0.4) is 0 Å². The van der Waals surface area contributed by atoms with Gasteiger partial charge < -0.3 is 19.6 Å². The highest BCUT2D eigenvalue weighted by Gasteiger charge is 2.41. The van der Waals surface area contributed by atoms with Crippen molar-refractivity contribution in [2.24, 2.45) is 0 Å². The van der Waals surface area contributed by atoms with Crippen LogP contribution in [0, 0.1) is 0 Å². The summed E-state index contributed by atoms with van der Waals surface area (Å²) in [7, 11) is 1.40. The number of H-pyrrole nitrogens is 1. The van der Waals surface area contributed by atoms with E-state index in [9.17, 15) is 9.90 Å². The summed E-state index contributed by atoms with van der Waals surface area (Å²) in [5.74, 6) is -0.00498. The molecule has 0 amide bonds. The number of fused-ring (bicyclic) bond motifs is 3. The molecule has 124 valence electrons. The van der Waals surface area contributed by atoms with Crippen LogP contribution in [0.25, 0.3) is 10.9 Å². The Bertz CT molecular complexity index is 749. The molecule has 1 atom stereocenters. The van der Waals surface area contributed by atoms with Gasteiger partial charge in [0.1, 0.15) is 11.4 Å². The van der Waals surface area contributed by atoms with Gasteiger partial charge in [-0.2, -0.15) is 0 Å². The number of aromatic amines is 1. The smallest absolute Gasteiger partial charge is 0.308 e. The van der Waals surface area contributed by atoms with Gasteiger partial charge in [-0.15, -0.1) is 0 Å². The number of benzene rings is 1. The second kappa shape index (κ2) is 5.89. The Kier molecular flexibility index (Phi) is 4.06. The maximum atomic E-state index is 11.9. The summed E-state index contributed by atoms with van der Waals surface area (Å²) in [6.07, 6.45) is 2.45. The molecule has 0 aliphatic carbocycles. The first-order chi connectivity index (χ1) is 11.0. The number of phenolic OH excluding ortho intramolecular Hbond substituents is 1. The molecule has 5 heteroatoms.